The second-order valence-corrected chi connectivity index (χ2v) is 4.27. The first-order valence-corrected chi connectivity index (χ1v) is 6.27. The fraction of sp³-hybridized carbons (Fsp3) is 0.286. The van der Waals surface area contributed by atoms with E-state index in [4.69, 9.17) is 4.74 Å². The zero-order valence-corrected chi connectivity index (χ0v) is 11.2. The Bertz CT molecular complexity index is 554. The summed E-state index contributed by atoms with van der Waals surface area (Å²) < 4.78 is 6.56. The van der Waals surface area contributed by atoms with Crippen molar-refractivity contribution in [1.82, 2.24) is 15.1 Å². The molecule has 0 amide bonds. The van der Waals surface area contributed by atoms with Gasteiger partial charge in [-0.05, 0) is 12.1 Å². The number of carboxylic acid groups (broad SMARTS) is 1. The van der Waals surface area contributed by atoms with Gasteiger partial charge >= 0.3 is 5.97 Å². The first-order chi connectivity index (χ1) is 9.72. The van der Waals surface area contributed by atoms with E-state index in [-0.39, 0.29) is 0 Å². The molecular weight excluding hydrogens is 258 g/mol. The van der Waals surface area contributed by atoms with Crippen molar-refractivity contribution in [2.24, 2.45) is 0 Å². The van der Waals surface area contributed by atoms with Gasteiger partial charge in [-0.15, -0.1) is 0 Å². The third-order valence-corrected chi connectivity index (χ3v) is 2.86. The van der Waals surface area contributed by atoms with E-state index in [9.17, 15) is 9.90 Å². The molecule has 106 valence electrons. The van der Waals surface area contributed by atoms with Gasteiger partial charge in [0.05, 0.1) is 18.5 Å². The molecule has 1 heterocycles. The van der Waals surface area contributed by atoms with Crippen molar-refractivity contribution >= 4 is 5.97 Å². The number of ether oxygens (including phenoxy) is 1. The summed E-state index contributed by atoms with van der Waals surface area (Å²) in [7, 11) is 1.57. The number of nitrogens with zero attached hydrogens (tertiary/aromatic N) is 2. The van der Waals surface area contributed by atoms with E-state index >= 15 is 0 Å². The van der Waals surface area contributed by atoms with Gasteiger partial charge in [-0.2, -0.15) is 5.10 Å². The van der Waals surface area contributed by atoms with Gasteiger partial charge in [-0.1, -0.05) is 18.2 Å². The van der Waals surface area contributed by atoms with Crippen molar-refractivity contribution in [2.45, 2.75) is 6.04 Å². The fourth-order valence-electron chi connectivity index (χ4n) is 1.86. The Morgan fingerprint density at radius 3 is 2.85 bits per heavy atom. The van der Waals surface area contributed by atoms with Crippen LogP contribution in [0.1, 0.15) is 11.6 Å². The lowest BCUT2D eigenvalue weighted by Gasteiger charge is -2.12. The van der Waals surface area contributed by atoms with Crippen LogP contribution >= 0.6 is 0 Å². The molecule has 0 aliphatic carbocycles. The van der Waals surface area contributed by atoms with Gasteiger partial charge in [-0.25, -0.2) is 4.68 Å². The first kappa shape index (κ1) is 14.2. The maximum absolute atomic E-state index is 11.3. The molecule has 0 spiro atoms. The smallest absolute Gasteiger partial charge is 0.325 e. The van der Waals surface area contributed by atoms with Gasteiger partial charge in [-0.3, -0.25) is 10.1 Å². The summed E-state index contributed by atoms with van der Waals surface area (Å²) >= 11 is 0. The molecule has 1 aromatic heterocycles. The molecule has 0 saturated carbocycles. The summed E-state index contributed by atoms with van der Waals surface area (Å²) in [6, 6.07) is 8.75. The normalized spacial score (nSPS) is 12.2. The second kappa shape index (κ2) is 6.83. The molecule has 2 aromatic rings. The first-order valence-electron chi connectivity index (χ1n) is 6.27. The Labute approximate surface area is 117 Å². The third-order valence-electron chi connectivity index (χ3n) is 2.86. The number of hydrogen-bond donors (Lipinski definition) is 2. The van der Waals surface area contributed by atoms with Crippen LogP contribution in [-0.4, -0.2) is 41.1 Å². The lowest BCUT2D eigenvalue weighted by Crippen LogP contribution is -2.30. The molecule has 0 aliphatic rings. The number of hydrogen-bond acceptors (Lipinski definition) is 4. The van der Waals surface area contributed by atoms with Gasteiger partial charge < -0.3 is 9.84 Å². The highest BCUT2D eigenvalue weighted by atomic mass is 16.5. The Hall–Kier alpha value is -2.18. The molecule has 6 heteroatoms. The van der Waals surface area contributed by atoms with Crippen molar-refractivity contribution in [3.05, 3.63) is 48.3 Å². The average Bonchev–Trinajstić information content (AvgIpc) is 2.93. The third kappa shape index (κ3) is 3.43. The Morgan fingerprint density at radius 2 is 2.20 bits per heavy atom. The van der Waals surface area contributed by atoms with Gasteiger partial charge in [0.25, 0.3) is 0 Å². The average molecular weight is 275 g/mol. The molecule has 20 heavy (non-hydrogen) atoms. The predicted molar refractivity (Wildman–Crippen MR) is 73.8 cm³/mol. The number of methoxy groups -OCH3 is 1. The minimum absolute atomic E-state index is 0.455. The number of benzene rings is 1. The van der Waals surface area contributed by atoms with Crippen molar-refractivity contribution in [3.8, 4) is 5.69 Å². The van der Waals surface area contributed by atoms with Crippen LogP contribution in [0.15, 0.2) is 42.7 Å². The molecule has 2 N–H and O–H groups in total. The zero-order chi connectivity index (χ0) is 14.4. The summed E-state index contributed by atoms with van der Waals surface area (Å²) in [6.45, 7) is 0.917. The zero-order valence-electron chi connectivity index (χ0n) is 11.2. The van der Waals surface area contributed by atoms with Gasteiger partial charge in [0.1, 0.15) is 6.04 Å². The second-order valence-electron chi connectivity index (χ2n) is 4.27. The summed E-state index contributed by atoms with van der Waals surface area (Å²) in [6.07, 6.45) is 3.28. The van der Waals surface area contributed by atoms with E-state index < -0.39 is 12.0 Å². The van der Waals surface area contributed by atoms with E-state index in [1.165, 1.54) is 0 Å². The number of rotatable bonds is 7. The minimum atomic E-state index is -0.936. The van der Waals surface area contributed by atoms with Gasteiger partial charge in [0, 0.05) is 25.4 Å². The molecule has 0 aliphatic heterocycles. The van der Waals surface area contributed by atoms with Crippen LogP contribution in [0.5, 0.6) is 0 Å². The number of nitrogens with one attached hydrogen (secondary N) is 1. The SMILES string of the molecule is COCCNC(C(=O)O)c1cnn(-c2ccccc2)c1. The lowest BCUT2D eigenvalue weighted by molar-refractivity contribution is -0.139. The lowest BCUT2D eigenvalue weighted by atomic mass is 10.1. The molecule has 0 saturated heterocycles. The van der Waals surface area contributed by atoms with Crippen molar-refractivity contribution in [1.29, 1.82) is 0 Å². The number of aliphatic carboxylic acids is 1. The quantitative estimate of drug-likeness (QED) is 0.743. The standard InChI is InChI=1S/C14H17N3O3/c1-20-8-7-15-13(14(18)19)11-9-16-17(10-11)12-5-3-2-4-6-12/h2-6,9-10,13,15H,7-8H2,1H3,(H,18,19). The highest BCUT2D eigenvalue weighted by Gasteiger charge is 2.20. The van der Waals surface area contributed by atoms with E-state index in [0.717, 1.165) is 5.69 Å². The number of aromatic nitrogens is 2. The summed E-state index contributed by atoms with van der Waals surface area (Å²) in [4.78, 5) is 11.3. The van der Waals surface area contributed by atoms with E-state index in [0.29, 0.717) is 18.7 Å². The monoisotopic (exact) mass is 275 g/mol. The molecule has 0 fully saturated rings. The predicted octanol–water partition coefficient (Wildman–Crippen LogP) is 1.23. The van der Waals surface area contributed by atoms with Gasteiger partial charge in [0.15, 0.2) is 0 Å². The van der Waals surface area contributed by atoms with E-state index in [1.807, 2.05) is 30.3 Å². The van der Waals surface area contributed by atoms with Crippen LogP contribution in [-0.2, 0) is 9.53 Å². The largest absolute Gasteiger partial charge is 0.480 e. The topological polar surface area (TPSA) is 76.4 Å². The maximum atomic E-state index is 11.3. The maximum Gasteiger partial charge on any atom is 0.325 e. The van der Waals surface area contributed by atoms with Crippen LogP contribution in [0.25, 0.3) is 5.69 Å². The Kier molecular flexibility index (Phi) is 4.86. The molecule has 1 atom stereocenters. The molecule has 0 radical (unpaired) electrons. The van der Waals surface area contributed by atoms with E-state index in [2.05, 4.69) is 10.4 Å². The number of para-hydroxylation sites is 1. The van der Waals surface area contributed by atoms with Gasteiger partial charge in [0.2, 0.25) is 0 Å². The molecular formula is C14H17N3O3. The molecule has 1 aromatic carbocycles. The fourth-order valence-corrected chi connectivity index (χ4v) is 1.86. The Morgan fingerprint density at radius 1 is 1.45 bits per heavy atom. The van der Waals surface area contributed by atoms with Crippen LogP contribution in [0, 0.1) is 0 Å². The summed E-state index contributed by atoms with van der Waals surface area (Å²) in [5.41, 5.74) is 1.50. The van der Waals surface area contributed by atoms with Crippen molar-refractivity contribution in [3.63, 3.8) is 0 Å². The number of carboxylic acids is 1. The summed E-state index contributed by atoms with van der Waals surface area (Å²) in [5, 5.41) is 16.4. The number of carbonyl (C=O) groups is 1. The highest BCUT2D eigenvalue weighted by molar-refractivity contribution is 5.75. The van der Waals surface area contributed by atoms with Crippen LogP contribution in [0.4, 0.5) is 0 Å². The molecule has 2 rings (SSSR count). The van der Waals surface area contributed by atoms with E-state index in [1.54, 1.807) is 24.2 Å². The molecule has 6 nitrogen and oxygen atoms in total. The van der Waals surface area contributed by atoms with Crippen LogP contribution in [0.2, 0.25) is 0 Å². The highest BCUT2D eigenvalue weighted by Crippen LogP contribution is 2.15. The minimum Gasteiger partial charge on any atom is -0.480 e. The van der Waals surface area contributed by atoms with Crippen LogP contribution < -0.4 is 5.32 Å². The summed E-state index contributed by atoms with van der Waals surface area (Å²) in [5.74, 6) is -0.936. The molecule has 0 bridgehead atoms. The van der Waals surface area contributed by atoms with Crippen LogP contribution in [0.3, 0.4) is 0 Å². The molecule has 1 unspecified atom stereocenters. The Balaban J connectivity index is 2.14. The van der Waals surface area contributed by atoms with Crippen molar-refractivity contribution < 1.29 is 14.6 Å². The van der Waals surface area contributed by atoms with Crippen molar-refractivity contribution in [2.75, 3.05) is 20.3 Å².